The lowest BCUT2D eigenvalue weighted by atomic mass is 9.90. The molecule has 25 heavy (non-hydrogen) atoms. The van der Waals surface area contributed by atoms with Crippen molar-refractivity contribution in [1.82, 2.24) is 9.97 Å². The molecular formula is C19H19N3O3. The van der Waals surface area contributed by atoms with Crippen LogP contribution in [0.1, 0.15) is 18.1 Å². The number of hydrogen-bond donors (Lipinski definition) is 1. The molecule has 0 saturated carbocycles. The predicted octanol–water partition coefficient (Wildman–Crippen LogP) is 1.16. The van der Waals surface area contributed by atoms with Crippen molar-refractivity contribution < 1.29 is 9.47 Å². The fourth-order valence-corrected chi connectivity index (χ4v) is 3.24. The maximum atomic E-state index is 12.4. The Morgan fingerprint density at radius 1 is 1.36 bits per heavy atom. The van der Waals surface area contributed by atoms with Crippen molar-refractivity contribution in [3.05, 3.63) is 58.3 Å². The van der Waals surface area contributed by atoms with Gasteiger partial charge in [-0.3, -0.25) is 9.78 Å². The van der Waals surface area contributed by atoms with Crippen LogP contribution in [0.25, 0.3) is 0 Å². The van der Waals surface area contributed by atoms with Crippen LogP contribution in [0, 0.1) is 11.8 Å². The van der Waals surface area contributed by atoms with Gasteiger partial charge in [-0.1, -0.05) is 11.8 Å². The van der Waals surface area contributed by atoms with Crippen molar-refractivity contribution in [3.8, 4) is 11.8 Å². The number of rotatable bonds is 1. The third kappa shape index (κ3) is 2.93. The van der Waals surface area contributed by atoms with Gasteiger partial charge in [0.15, 0.2) is 0 Å². The Balaban J connectivity index is 1.64. The van der Waals surface area contributed by atoms with Crippen LogP contribution in [0.15, 0.2) is 41.6 Å². The van der Waals surface area contributed by atoms with Crippen LogP contribution in [-0.4, -0.2) is 48.0 Å². The van der Waals surface area contributed by atoms with Crippen molar-refractivity contribution >= 4 is 5.69 Å². The van der Waals surface area contributed by atoms with E-state index in [0.717, 1.165) is 11.1 Å². The second-order valence-corrected chi connectivity index (χ2v) is 6.37. The van der Waals surface area contributed by atoms with Gasteiger partial charge in [0.25, 0.3) is 5.56 Å². The SMILES string of the molecule is CC1N(c2cc(C#Cc3cccnc3)c[nH]c2=O)CCOC12COC2. The largest absolute Gasteiger partial charge is 0.375 e. The fourth-order valence-electron chi connectivity index (χ4n) is 3.24. The zero-order valence-electron chi connectivity index (χ0n) is 14.0. The van der Waals surface area contributed by atoms with Gasteiger partial charge in [0.2, 0.25) is 0 Å². The highest BCUT2D eigenvalue weighted by Crippen LogP contribution is 2.34. The molecule has 128 valence electrons. The predicted molar refractivity (Wildman–Crippen MR) is 93.6 cm³/mol. The standard InChI is InChI=1S/C19H19N3O3/c1-14-19(12-24-13-19)25-8-7-22(14)17-9-16(11-21-18(17)23)5-4-15-3-2-6-20-10-15/h2-3,6,9-11,14H,7-8,12-13H2,1H3,(H,21,23). The summed E-state index contributed by atoms with van der Waals surface area (Å²) < 4.78 is 11.3. The number of ether oxygens (including phenoxy) is 2. The molecule has 0 amide bonds. The van der Waals surface area contributed by atoms with E-state index in [4.69, 9.17) is 9.47 Å². The molecule has 0 aromatic carbocycles. The average molecular weight is 337 g/mol. The summed E-state index contributed by atoms with van der Waals surface area (Å²) in [6.07, 6.45) is 5.07. The van der Waals surface area contributed by atoms with Crippen LogP contribution >= 0.6 is 0 Å². The summed E-state index contributed by atoms with van der Waals surface area (Å²) >= 11 is 0. The molecule has 1 N–H and O–H groups in total. The summed E-state index contributed by atoms with van der Waals surface area (Å²) in [5.74, 6) is 6.15. The topological polar surface area (TPSA) is 67.5 Å². The first kappa shape index (κ1) is 15.9. The van der Waals surface area contributed by atoms with Crippen LogP contribution in [-0.2, 0) is 9.47 Å². The van der Waals surface area contributed by atoms with Gasteiger partial charge in [0.1, 0.15) is 11.3 Å². The van der Waals surface area contributed by atoms with Gasteiger partial charge < -0.3 is 19.4 Å². The summed E-state index contributed by atoms with van der Waals surface area (Å²) in [6.45, 7) is 4.48. The van der Waals surface area contributed by atoms with E-state index in [1.807, 2.05) is 18.2 Å². The zero-order valence-corrected chi connectivity index (χ0v) is 14.0. The highest BCUT2D eigenvalue weighted by molar-refractivity contribution is 5.53. The van der Waals surface area contributed by atoms with Gasteiger partial charge in [-0.05, 0) is 25.1 Å². The molecule has 0 aliphatic carbocycles. The van der Waals surface area contributed by atoms with Crippen molar-refractivity contribution in [2.75, 3.05) is 31.3 Å². The first-order chi connectivity index (χ1) is 12.2. The molecule has 4 rings (SSSR count). The molecule has 2 aromatic heterocycles. The van der Waals surface area contributed by atoms with E-state index < -0.39 is 0 Å². The van der Waals surface area contributed by atoms with Crippen LogP contribution in [0.5, 0.6) is 0 Å². The summed E-state index contributed by atoms with van der Waals surface area (Å²) in [5.41, 5.74) is 1.80. The first-order valence-corrected chi connectivity index (χ1v) is 8.31. The molecule has 2 aliphatic rings. The first-order valence-electron chi connectivity index (χ1n) is 8.31. The quantitative estimate of drug-likeness (QED) is 0.791. The number of morpholine rings is 1. The Kier molecular flexibility index (Phi) is 4.04. The van der Waals surface area contributed by atoms with Crippen LogP contribution < -0.4 is 10.5 Å². The van der Waals surface area contributed by atoms with Gasteiger partial charge in [-0.25, -0.2) is 0 Å². The number of aromatic nitrogens is 2. The van der Waals surface area contributed by atoms with E-state index in [1.165, 1.54) is 0 Å². The van der Waals surface area contributed by atoms with Gasteiger partial charge >= 0.3 is 0 Å². The van der Waals surface area contributed by atoms with Crippen molar-refractivity contribution in [3.63, 3.8) is 0 Å². The van der Waals surface area contributed by atoms with Gasteiger partial charge in [0.05, 0.1) is 25.9 Å². The van der Waals surface area contributed by atoms with E-state index in [2.05, 4.69) is 33.6 Å². The Morgan fingerprint density at radius 2 is 2.20 bits per heavy atom. The minimum atomic E-state index is -0.303. The third-order valence-electron chi connectivity index (χ3n) is 4.85. The normalized spacial score (nSPS) is 21.3. The lowest BCUT2D eigenvalue weighted by Crippen LogP contribution is -2.68. The van der Waals surface area contributed by atoms with E-state index in [1.54, 1.807) is 18.6 Å². The Bertz CT molecular complexity index is 878. The summed E-state index contributed by atoms with van der Waals surface area (Å²) in [7, 11) is 0. The maximum absolute atomic E-state index is 12.4. The lowest BCUT2D eigenvalue weighted by molar-refractivity contribution is -0.228. The number of hydrogen-bond acceptors (Lipinski definition) is 5. The van der Waals surface area contributed by atoms with E-state index in [9.17, 15) is 4.79 Å². The van der Waals surface area contributed by atoms with E-state index in [0.29, 0.717) is 32.1 Å². The Morgan fingerprint density at radius 3 is 2.92 bits per heavy atom. The summed E-state index contributed by atoms with van der Waals surface area (Å²) in [4.78, 5) is 21.3. The molecule has 6 heteroatoms. The molecule has 0 bridgehead atoms. The maximum Gasteiger partial charge on any atom is 0.271 e. The van der Waals surface area contributed by atoms with Crippen LogP contribution in [0.3, 0.4) is 0 Å². The minimum Gasteiger partial charge on any atom is -0.375 e. The zero-order chi connectivity index (χ0) is 17.3. The molecular weight excluding hydrogens is 318 g/mol. The number of H-pyrrole nitrogens is 1. The van der Waals surface area contributed by atoms with E-state index in [-0.39, 0.29) is 17.2 Å². The monoisotopic (exact) mass is 337 g/mol. The lowest BCUT2D eigenvalue weighted by Gasteiger charge is -2.53. The van der Waals surface area contributed by atoms with Crippen molar-refractivity contribution in [1.29, 1.82) is 0 Å². The number of aromatic amines is 1. The minimum absolute atomic E-state index is 0.0673. The molecule has 1 unspecified atom stereocenters. The van der Waals surface area contributed by atoms with Gasteiger partial charge in [-0.15, -0.1) is 0 Å². The molecule has 1 spiro atoms. The van der Waals surface area contributed by atoms with E-state index >= 15 is 0 Å². The second kappa shape index (κ2) is 6.36. The number of pyridine rings is 2. The Labute approximate surface area is 145 Å². The molecule has 6 nitrogen and oxygen atoms in total. The number of anilines is 1. The molecule has 4 heterocycles. The summed E-state index contributed by atoms with van der Waals surface area (Å²) in [6, 6.07) is 5.66. The number of nitrogens with zero attached hydrogens (tertiary/aromatic N) is 2. The van der Waals surface area contributed by atoms with Crippen molar-refractivity contribution in [2.24, 2.45) is 0 Å². The summed E-state index contributed by atoms with van der Waals surface area (Å²) in [5, 5.41) is 0. The molecule has 2 aromatic rings. The van der Waals surface area contributed by atoms with Crippen LogP contribution in [0.2, 0.25) is 0 Å². The average Bonchev–Trinajstić information content (AvgIpc) is 2.61. The van der Waals surface area contributed by atoms with Gasteiger partial charge in [0, 0.05) is 36.3 Å². The molecule has 2 saturated heterocycles. The third-order valence-corrected chi connectivity index (χ3v) is 4.85. The molecule has 1 atom stereocenters. The highest BCUT2D eigenvalue weighted by atomic mass is 16.6. The second-order valence-electron chi connectivity index (χ2n) is 6.37. The smallest absolute Gasteiger partial charge is 0.271 e. The van der Waals surface area contributed by atoms with Crippen LogP contribution in [0.4, 0.5) is 5.69 Å². The molecule has 2 aliphatic heterocycles. The highest BCUT2D eigenvalue weighted by Gasteiger charge is 2.50. The Hall–Kier alpha value is -2.62. The van der Waals surface area contributed by atoms with Gasteiger partial charge in [-0.2, -0.15) is 0 Å². The van der Waals surface area contributed by atoms with Crippen molar-refractivity contribution in [2.45, 2.75) is 18.6 Å². The molecule has 0 radical (unpaired) electrons. The fraction of sp³-hybridized carbons (Fsp3) is 0.368. The molecule has 2 fully saturated rings. The number of nitrogens with one attached hydrogen (secondary N) is 1.